The number of nitrogens with zero attached hydrogens (tertiary/aromatic N) is 2. The van der Waals surface area contributed by atoms with Crippen molar-refractivity contribution in [2.45, 2.75) is 57.4 Å². The van der Waals surface area contributed by atoms with Crippen molar-refractivity contribution in [3.05, 3.63) is 41.2 Å². The molecule has 5 rings (SSSR count). The van der Waals surface area contributed by atoms with Crippen LogP contribution >= 0.6 is 0 Å². The Balaban J connectivity index is 1.29. The van der Waals surface area contributed by atoms with Crippen LogP contribution in [-0.2, 0) is 17.9 Å². The molecule has 142 valence electrons. The monoisotopic (exact) mass is 369 g/mol. The fraction of sp³-hybridized carbons (Fsp3) is 0.500. The fourth-order valence-electron chi connectivity index (χ4n) is 4.06. The van der Waals surface area contributed by atoms with Crippen LogP contribution in [0.4, 0.5) is 0 Å². The molecular formula is C20H23N3O4. The number of amides is 1. The second kappa shape index (κ2) is 6.88. The van der Waals surface area contributed by atoms with Gasteiger partial charge in [-0.15, -0.1) is 0 Å². The molecule has 2 aliphatic heterocycles. The van der Waals surface area contributed by atoms with Crippen LogP contribution < -0.4 is 14.8 Å². The summed E-state index contributed by atoms with van der Waals surface area (Å²) in [6, 6.07) is 7.97. The van der Waals surface area contributed by atoms with Crippen molar-refractivity contribution in [2.75, 3.05) is 6.79 Å². The Morgan fingerprint density at radius 1 is 1.11 bits per heavy atom. The molecule has 1 aromatic carbocycles. The van der Waals surface area contributed by atoms with Crippen molar-refractivity contribution >= 4 is 5.91 Å². The normalized spacial score (nSPS) is 21.7. The lowest BCUT2D eigenvalue weighted by Gasteiger charge is -2.24. The minimum Gasteiger partial charge on any atom is -0.454 e. The van der Waals surface area contributed by atoms with Gasteiger partial charge in [0.05, 0.1) is 18.8 Å². The standard InChI is InChI=1S/C20H23N3O4/c24-20(21-14-4-2-1-3-5-14)16-9-15-11-25-19(10-23(15)22-16)13-6-7-17-18(8-13)27-12-26-17/h6-9,14,19H,1-5,10-12H2,(H,21,24)/t19-/m1/s1. The molecule has 1 aromatic heterocycles. The number of carbonyl (C=O) groups is 1. The smallest absolute Gasteiger partial charge is 0.272 e. The summed E-state index contributed by atoms with van der Waals surface area (Å²) in [6.45, 7) is 1.27. The van der Waals surface area contributed by atoms with Crippen LogP contribution in [0.1, 0.15) is 60.0 Å². The van der Waals surface area contributed by atoms with Gasteiger partial charge < -0.3 is 19.5 Å². The zero-order chi connectivity index (χ0) is 18.2. The average Bonchev–Trinajstić information content (AvgIpc) is 3.34. The molecule has 27 heavy (non-hydrogen) atoms. The van der Waals surface area contributed by atoms with E-state index in [9.17, 15) is 4.79 Å². The third-order valence-electron chi connectivity index (χ3n) is 5.58. The maximum Gasteiger partial charge on any atom is 0.272 e. The summed E-state index contributed by atoms with van der Waals surface area (Å²) < 4.78 is 18.7. The lowest BCUT2D eigenvalue weighted by Crippen LogP contribution is -2.36. The Labute approximate surface area is 157 Å². The summed E-state index contributed by atoms with van der Waals surface area (Å²) in [5, 5.41) is 7.66. The molecule has 0 saturated heterocycles. The molecule has 0 spiro atoms. The number of aromatic nitrogens is 2. The van der Waals surface area contributed by atoms with Crippen LogP contribution in [0, 0.1) is 0 Å². The number of nitrogens with one attached hydrogen (secondary N) is 1. The van der Waals surface area contributed by atoms with Gasteiger partial charge in [-0.25, -0.2) is 0 Å². The van der Waals surface area contributed by atoms with Crippen LogP contribution in [0.15, 0.2) is 24.3 Å². The van der Waals surface area contributed by atoms with E-state index in [0.717, 1.165) is 35.6 Å². The molecule has 3 heterocycles. The molecule has 2 aromatic rings. The maximum atomic E-state index is 12.6. The van der Waals surface area contributed by atoms with E-state index < -0.39 is 0 Å². The highest BCUT2D eigenvalue weighted by Crippen LogP contribution is 2.36. The van der Waals surface area contributed by atoms with Gasteiger partial charge in [-0.05, 0) is 36.6 Å². The average molecular weight is 369 g/mol. The van der Waals surface area contributed by atoms with E-state index in [1.807, 2.05) is 28.9 Å². The molecule has 1 aliphatic carbocycles. The summed E-state index contributed by atoms with van der Waals surface area (Å²) in [6.07, 6.45) is 5.65. The predicted molar refractivity (Wildman–Crippen MR) is 96.7 cm³/mol. The number of hydrogen-bond acceptors (Lipinski definition) is 5. The lowest BCUT2D eigenvalue weighted by atomic mass is 9.95. The van der Waals surface area contributed by atoms with E-state index >= 15 is 0 Å². The zero-order valence-corrected chi connectivity index (χ0v) is 15.1. The minimum atomic E-state index is -0.124. The summed E-state index contributed by atoms with van der Waals surface area (Å²) in [4.78, 5) is 12.6. The van der Waals surface area contributed by atoms with Crippen LogP contribution in [0.5, 0.6) is 11.5 Å². The van der Waals surface area contributed by atoms with Gasteiger partial charge >= 0.3 is 0 Å². The van der Waals surface area contributed by atoms with Crippen LogP contribution in [-0.4, -0.2) is 28.5 Å². The molecule has 3 aliphatic rings. The Morgan fingerprint density at radius 3 is 2.85 bits per heavy atom. The quantitative estimate of drug-likeness (QED) is 0.900. The highest BCUT2D eigenvalue weighted by Gasteiger charge is 2.26. The van der Waals surface area contributed by atoms with Gasteiger partial charge in [0.1, 0.15) is 6.10 Å². The predicted octanol–water partition coefficient (Wildman–Crippen LogP) is 2.95. The second-order valence-electron chi connectivity index (χ2n) is 7.42. The highest BCUT2D eigenvalue weighted by molar-refractivity contribution is 5.92. The van der Waals surface area contributed by atoms with Crippen LogP contribution in [0.25, 0.3) is 0 Å². The molecule has 0 bridgehead atoms. The van der Waals surface area contributed by atoms with Gasteiger partial charge in [0, 0.05) is 6.04 Å². The van der Waals surface area contributed by atoms with Crippen molar-refractivity contribution in [2.24, 2.45) is 0 Å². The Kier molecular flexibility index (Phi) is 4.24. The maximum absolute atomic E-state index is 12.6. The van der Waals surface area contributed by atoms with Crippen molar-refractivity contribution in [3.63, 3.8) is 0 Å². The van der Waals surface area contributed by atoms with Crippen molar-refractivity contribution in [1.29, 1.82) is 0 Å². The minimum absolute atomic E-state index is 0.0802. The number of carbonyl (C=O) groups excluding carboxylic acids is 1. The van der Waals surface area contributed by atoms with E-state index in [1.54, 1.807) is 0 Å². The first-order chi connectivity index (χ1) is 13.3. The summed E-state index contributed by atoms with van der Waals surface area (Å²) in [7, 11) is 0. The van der Waals surface area contributed by atoms with Gasteiger partial charge in [0.2, 0.25) is 6.79 Å². The molecule has 7 heteroatoms. The van der Waals surface area contributed by atoms with E-state index in [-0.39, 0.29) is 24.8 Å². The number of fused-ring (bicyclic) bond motifs is 2. The third kappa shape index (κ3) is 3.27. The van der Waals surface area contributed by atoms with Crippen LogP contribution in [0.2, 0.25) is 0 Å². The number of ether oxygens (including phenoxy) is 3. The lowest BCUT2D eigenvalue weighted by molar-refractivity contribution is -0.00128. The Bertz CT molecular complexity index is 857. The van der Waals surface area contributed by atoms with Gasteiger partial charge in [0.15, 0.2) is 17.2 Å². The van der Waals surface area contributed by atoms with E-state index in [2.05, 4.69) is 10.4 Å². The third-order valence-corrected chi connectivity index (χ3v) is 5.58. The molecular weight excluding hydrogens is 346 g/mol. The highest BCUT2D eigenvalue weighted by atomic mass is 16.7. The van der Waals surface area contributed by atoms with E-state index in [0.29, 0.717) is 18.8 Å². The van der Waals surface area contributed by atoms with Gasteiger partial charge in [-0.2, -0.15) is 5.10 Å². The number of rotatable bonds is 3. The summed E-state index contributed by atoms with van der Waals surface area (Å²) in [5.74, 6) is 1.43. The molecule has 1 atom stereocenters. The molecule has 0 unspecified atom stereocenters. The topological polar surface area (TPSA) is 74.6 Å². The van der Waals surface area contributed by atoms with E-state index in [1.165, 1.54) is 19.3 Å². The van der Waals surface area contributed by atoms with Gasteiger partial charge in [-0.3, -0.25) is 9.48 Å². The second-order valence-corrected chi connectivity index (χ2v) is 7.42. The summed E-state index contributed by atoms with van der Waals surface area (Å²) in [5.41, 5.74) is 2.43. The van der Waals surface area contributed by atoms with Crippen molar-refractivity contribution < 1.29 is 19.0 Å². The molecule has 1 N–H and O–H groups in total. The molecule has 1 fully saturated rings. The molecule has 1 amide bonds. The van der Waals surface area contributed by atoms with Crippen molar-refractivity contribution in [1.82, 2.24) is 15.1 Å². The fourth-order valence-corrected chi connectivity index (χ4v) is 4.06. The molecule has 7 nitrogen and oxygen atoms in total. The van der Waals surface area contributed by atoms with Crippen LogP contribution in [0.3, 0.4) is 0 Å². The van der Waals surface area contributed by atoms with Gasteiger partial charge in [-0.1, -0.05) is 25.3 Å². The van der Waals surface area contributed by atoms with Crippen molar-refractivity contribution in [3.8, 4) is 11.5 Å². The SMILES string of the molecule is O=C(NC1CCCCC1)c1cc2n(n1)C[C@H](c1ccc3c(c1)OCO3)OC2. The molecule has 0 radical (unpaired) electrons. The first kappa shape index (κ1) is 16.6. The summed E-state index contributed by atoms with van der Waals surface area (Å²) >= 11 is 0. The van der Waals surface area contributed by atoms with Gasteiger partial charge in [0.25, 0.3) is 5.91 Å². The number of hydrogen-bond donors (Lipinski definition) is 1. The largest absolute Gasteiger partial charge is 0.454 e. The zero-order valence-electron chi connectivity index (χ0n) is 15.1. The number of benzene rings is 1. The Hall–Kier alpha value is -2.54. The Morgan fingerprint density at radius 2 is 1.96 bits per heavy atom. The first-order valence-corrected chi connectivity index (χ1v) is 9.65. The molecule has 1 saturated carbocycles. The first-order valence-electron chi connectivity index (χ1n) is 9.65. The van der Waals surface area contributed by atoms with E-state index in [4.69, 9.17) is 14.2 Å².